The van der Waals surface area contributed by atoms with Gasteiger partial charge in [-0.25, -0.2) is 4.98 Å². The summed E-state index contributed by atoms with van der Waals surface area (Å²) in [6.45, 7) is 2.95. The first-order chi connectivity index (χ1) is 9.85. The molecule has 106 valence electrons. The van der Waals surface area contributed by atoms with Crippen LogP contribution >= 0.6 is 0 Å². The van der Waals surface area contributed by atoms with E-state index in [0.717, 1.165) is 30.8 Å². The van der Waals surface area contributed by atoms with Gasteiger partial charge >= 0.3 is 0 Å². The topological polar surface area (TPSA) is 59.9 Å². The highest BCUT2D eigenvalue weighted by atomic mass is 16.5. The zero-order chi connectivity index (χ0) is 14.2. The number of ether oxygens (including phenoxy) is 1. The standard InChI is InChI=1S/C15H20N4O/c1-3-16-13(8-7-12-6-4-5-9-17-12)14-15(20-2)19-11-10-18-14/h4-6,9-11,13,16H,3,7-8H2,1-2H3. The van der Waals surface area contributed by atoms with E-state index in [1.165, 1.54) is 0 Å². The van der Waals surface area contributed by atoms with Crippen molar-refractivity contribution in [2.45, 2.75) is 25.8 Å². The molecule has 0 spiro atoms. The number of hydrogen-bond donors (Lipinski definition) is 1. The second kappa shape index (κ2) is 7.55. The van der Waals surface area contributed by atoms with E-state index in [-0.39, 0.29) is 6.04 Å². The van der Waals surface area contributed by atoms with Gasteiger partial charge in [-0.2, -0.15) is 0 Å². The molecule has 0 bridgehead atoms. The average Bonchev–Trinajstić information content (AvgIpc) is 2.52. The smallest absolute Gasteiger partial charge is 0.236 e. The van der Waals surface area contributed by atoms with E-state index < -0.39 is 0 Å². The third-order valence-corrected chi connectivity index (χ3v) is 3.08. The molecular weight excluding hydrogens is 252 g/mol. The second-order valence-corrected chi connectivity index (χ2v) is 4.42. The lowest BCUT2D eigenvalue weighted by Crippen LogP contribution is -2.23. The first-order valence-corrected chi connectivity index (χ1v) is 6.83. The molecule has 0 saturated carbocycles. The van der Waals surface area contributed by atoms with Crippen molar-refractivity contribution < 1.29 is 4.74 Å². The highest BCUT2D eigenvalue weighted by Crippen LogP contribution is 2.23. The Morgan fingerprint density at radius 1 is 1.15 bits per heavy atom. The van der Waals surface area contributed by atoms with Crippen LogP contribution in [0.5, 0.6) is 5.88 Å². The number of rotatable bonds is 7. The molecule has 0 aliphatic rings. The minimum Gasteiger partial charge on any atom is -0.480 e. The summed E-state index contributed by atoms with van der Waals surface area (Å²) in [7, 11) is 1.62. The van der Waals surface area contributed by atoms with Crippen molar-refractivity contribution in [3.63, 3.8) is 0 Å². The molecule has 1 atom stereocenters. The second-order valence-electron chi connectivity index (χ2n) is 4.42. The summed E-state index contributed by atoms with van der Waals surface area (Å²) in [6, 6.07) is 6.09. The van der Waals surface area contributed by atoms with Crippen LogP contribution in [-0.4, -0.2) is 28.6 Å². The predicted molar refractivity (Wildman–Crippen MR) is 77.6 cm³/mol. The molecule has 0 aliphatic heterocycles. The SMILES string of the molecule is CCNC(CCc1ccccn1)c1nccnc1OC. The lowest BCUT2D eigenvalue weighted by molar-refractivity contribution is 0.374. The van der Waals surface area contributed by atoms with Crippen LogP contribution < -0.4 is 10.1 Å². The minimum atomic E-state index is 0.116. The molecule has 2 aromatic heterocycles. The highest BCUT2D eigenvalue weighted by molar-refractivity contribution is 5.21. The van der Waals surface area contributed by atoms with Gasteiger partial charge in [0.25, 0.3) is 0 Å². The van der Waals surface area contributed by atoms with Crippen molar-refractivity contribution in [3.8, 4) is 5.88 Å². The molecule has 20 heavy (non-hydrogen) atoms. The number of pyridine rings is 1. The van der Waals surface area contributed by atoms with Gasteiger partial charge in [-0.1, -0.05) is 13.0 Å². The molecular formula is C15H20N4O. The first-order valence-electron chi connectivity index (χ1n) is 6.83. The normalized spacial score (nSPS) is 12.1. The zero-order valence-electron chi connectivity index (χ0n) is 11.9. The number of nitrogens with zero attached hydrogens (tertiary/aromatic N) is 3. The lowest BCUT2D eigenvalue weighted by atomic mass is 10.1. The molecule has 5 nitrogen and oxygen atoms in total. The summed E-state index contributed by atoms with van der Waals surface area (Å²) in [4.78, 5) is 13.0. The molecule has 1 unspecified atom stereocenters. The molecule has 2 rings (SSSR count). The molecule has 2 aromatic rings. The summed E-state index contributed by atoms with van der Waals surface area (Å²) in [6.07, 6.45) is 6.95. The van der Waals surface area contributed by atoms with Crippen molar-refractivity contribution in [3.05, 3.63) is 48.2 Å². The zero-order valence-corrected chi connectivity index (χ0v) is 11.9. The van der Waals surface area contributed by atoms with Crippen molar-refractivity contribution >= 4 is 0 Å². The Bertz CT molecular complexity index is 518. The van der Waals surface area contributed by atoms with Gasteiger partial charge < -0.3 is 10.1 Å². The van der Waals surface area contributed by atoms with Crippen LogP contribution in [0, 0.1) is 0 Å². The van der Waals surface area contributed by atoms with E-state index in [4.69, 9.17) is 4.74 Å². The minimum absolute atomic E-state index is 0.116. The van der Waals surface area contributed by atoms with Gasteiger partial charge in [-0.05, 0) is 31.5 Å². The van der Waals surface area contributed by atoms with Crippen molar-refractivity contribution in [1.82, 2.24) is 20.3 Å². The largest absolute Gasteiger partial charge is 0.480 e. The van der Waals surface area contributed by atoms with Crippen LogP contribution in [0.15, 0.2) is 36.8 Å². The maximum Gasteiger partial charge on any atom is 0.236 e. The number of aryl methyl sites for hydroxylation is 1. The van der Waals surface area contributed by atoms with Crippen LogP contribution in [0.3, 0.4) is 0 Å². The Hall–Kier alpha value is -2.01. The summed E-state index contributed by atoms with van der Waals surface area (Å²) < 4.78 is 5.30. The van der Waals surface area contributed by atoms with Gasteiger partial charge in [0.2, 0.25) is 5.88 Å². The number of hydrogen-bond acceptors (Lipinski definition) is 5. The van der Waals surface area contributed by atoms with Gasteiger partial charge in [-0.3, -0.25) is 9.97 Å². The van der Waals surface area contributed by atoms with Gasteiger partial charge in [0.05, 0.1) is 13.2 Å². The maximum absolute atomic E-state index is 5.30. The third-order valence-electron chi connectivity index (χ3n) is 3.08. The molecule has 1 N–H and O–H groups in total. The van der Waals surface area contributed by atoms with Crippen molar-refractivity contribution in [2.75, 3.05) is 13.7 Å². The predicted octanol–water partition coefficient (Wildman–Crippen LogP) is 2.16. The van der Waals surface area contributed by atoms with Crippen LogP contribution in [-0.2, 0) is 6.42 Å². The molecule has 5 heteroatoms. The molecule has 0 radical (unpaired) electrons. The van der Waals surface area contributed by atoms with Gasteiger partial charge in [-0.15, -0.1) is 0 Å². The molecule has 0 aliphatic carbocycles. The molecule has 0 saturated heterocycles. The van der Waals surface area contributed by atoms with E-state index in [0.29, 0.717) is 5.88 Å². The van der Waals surface area contributed by atoms with Crippen molar-refractivity contribution in [2.24, 2.45) is 0 Å². The van der Waals surface area contributed by atoms with Crippen LogP contribution in [0.1, 0.15) is 30.8 Å². The quantitative estimate of drug-likeness (QED) is 0.837. The van der Waals surface area contributed by atoms with Crippen LogP contribution in [0.2, 0.25) is 0 Å². The average molecular weight is 272 g/mol. The maximum atomic E-state index is 5.30. The molecule has 2 heterocycles. The lowest BCUT2D eigenvalue weighted by Gasteiger charge is -2.18. The number of nitrogens with one attached hydrogen (secondary N) is 1. The fraction of sp³-hybridized carbons (Fsp3) is 0.400. The Kier molecular flexibility index (Phi) is 5.43. The van der Waals surface area contributed by atoms with Gasteiger partial charge in [0, 0.05) is 24.3 Å². The monoisotopic (exact) mass is 272 g/mol. The van der Waals surface area contributed by atoms with E-state index in [1.807, 2.05) is 24.4 Å². The Morgan fingerprint density at radius 3 is 2.70 bits per heavy atom. The third kappa shape index (κ3) is 3.74. The van der Waals surface area contributed by atoms with Gasteiger partial charge in [0.15, 0.2) is 0 Å². The fourth-order valence-corrected chi connectivity index (χ4v) is 2.15. The van der Waals surface area contributed by atoms with E-state index in [9.17, 15) is 0 Å². The number of methoxy groups -OCH3 is 1. The van der Waals surface area contributed by atoms with E-state index in [1.54, 1.807) is 19.5 Å². The Morgan fingerprint density at radius 2 is 2.00 bits per heavy atom. The Labute approximate surface area is 119 Å². The number of aromatic nitrogens is 3. The first kappa shape index (κ1) is 14.4. The van der Waals surface area contributed by atoms with Crippen LogP contribution in [0.4, 0.5) is 0 Å². The molecule has 0 aromatic carbocycles. The fourth-order valence-electron chi connectivity index (χ4n) is 2.15. The van der Waals surface area contributed by atoms with Gasteiger partial charge in [0.1, 0.15) is 5.69 Å². The summed E-state index contributed by atoms with van der Waals surface area (Å²) in [5.41, 5.74) is 1.94. The molecule has 0 amide bonds. The van der Waals surface area contributed by atoms with Crippen molar-refractivity contribution in [1.29, 1.82) is 0 Å². The highest BCUT2D eigenvalue weighted by Gasteiger charge is 2.17. The van der Waals surface area contributed by atoms with E-state index in [2.05, 4.69) is 27.2 Å². The summed E-state index contributed by atoms with van der Waals surface area (Å²) >= 11 is 0. The summed E-state index contributed by atoms with van der Waals surface area (Å²) in [5, 5.41) is 3.43. The van der Waals surface area contributed by atoms with Crippen LogP contribution in [0.25, 0.3) is 0 Å². The molecule has 0 fully saturated rings. The van der Waals surface area contributed by atoms with E-state index >= 15 is 0 Å². The Balaban J connectivity index is 2.10. The summed E-state index contributed by atoms with van der Waals surface area (Å²) in [5.74, 6) is 0.583.